The van der Waals surface area contributed by atoms with Gasteiger partial charge in [-0.15, -0.1) is 0 Å². The van der Waals surface area contributed by atoms with Crippen molar-refractivity contribution in [1.29, 1.82) is 0 Å². The minimum atomic E-state index is -0.292. The molecular weight excluding hydrogens is 428 g/mol. The van der Waals surface area contributed by atoms with Crippen LogP contribution in [0.5, 0.6) is 0 Å². The number of rotatable bonds is 13. The SMILES string of the molecule is CCCCN(CCCC)CCCNC(=O)c1ccc(CN2CC(=O)N3CCCCC3C2=O)cc1. The Hall–Kier alpha value is -2.41. The molecule has 0 spiro atoms. The van der Waals surface area contributed by atoms with E-state index in [1.807, 2.05) is 24.3 Å². The first kappa shape index (κ1) is 26.2. The van der Waals surface area contributed by atoms with E-state index in [1.165, 1.54) is 25.7 Å². The van der Waals surface area contributed by atoms with Crippen LogP contribution in [0, 0.1) is 0 Å². The molecule has 1 N–H and O–H groups in total. The number of nitrogens with zero attached hydrogens (tertiary/aromatic N) is 3. The predicted octanol–water partition coefficient (Wildman–Crippen LogP) is 3.43. The largest absolute Gasteiger partial charge is 0.352 e. The lowest BCUT2D eigenvalue weighted by atomic mass is 9.98. The Bertz CT molecular complexity index is 803. The highest BCUT2D eigenvalue weighted by Crippen LogP contribution is 2.24. The fourth-order valence-electron chi connectivity index (χ4n) is 4.85. The number of carbonyl (C=O) groups excluding carboxylic acids is 3. The van der Waals surface area contributed by atoms with E-state index >= 15 is 0 Å². The molecule has 0 bridgehead atoms. The molecule has 7 nitrogen and oxygen atoms in total. The summed E-state index contributed by atoms with van der Waals surface area (Å²) < 4.78 is 0. The van der Waals surface area contributed by atoms with Gasteiger partial charge in [-0.2, -0.15) is 0 Å². The molecule has 2 aliphatic heterocycles. The molecule has 3 amide bonds. The Labute approximate surface area is 204 Å². The van der Waals surface area contributed by atoms with E-state index in [1.54, 1.807) is 9.80 Å². The first-order chi connectivity index (χ1) is 16.5. The molecule has 2 aliphatic rings. The summed E-state index contributed by atoms with van der Waals surface area (Å²) in [6.45, 7) is 9.63. The molecule has 34 heavy (non-hydrogen) atoms. The third-order valence-electron chi connectivity index (χ3n) is 6.93. The van der Waals surface area contributed by atoms with Gasteiger partial charge in [0.25, 0.3) is 5.91 Å². The molecule has 0 aliphatic carbocycles. The van der Waals surface area contributed by atoms with E-state index in [-0.39, 0.29) is 30.3 Å². The first-order valence-corrected chi connectivity index (χ1v) is 13.2. The van der Waals surface area contributed by atoms with Gasteiger partial charge in [0.1, 0.15) is 12.6 Å². The average molecular weight is 471 g/mol. The van der Waals surface area contributed by atoms with Crippen LogP contribution in [0.2, 0.25) is 0 Å². The van der Waals surface area contributed by atoms with Crippen LogP contribution in [0.4, 0.5) is 0 Å². The normalized spacial score (nSPS) is 18.4. The summed E-state index contributed by atoms with van der Waals surface area (Å²) in [4.78, 5) is 43.8. The number of amides is 3. The smallest absolute Gasteiger partial charge is 0.251 e. The second-order valence-electron chi connectivity index (χ2n) is 9.65. The third kappa shape index (κ3) is 7.29. The monoisotopic (exact) mass is 470 g/mol. The quantitative estimate of drug-likeness (QED) is 0.448. The summed E-state index contributed by atoms with van der Waals surface area (Å²) in [5.41, 5.74) is 1.56. The Kier molecular flexibility index (Phi) is 10.4. The number of fused-ring (bicyclic) bond motifs is 1. The lowest BCUT2D eigenvalue weighted by Gasteiger charge is -2.42. The topological polar surface area (TPSA) is 73.0 Å². The maximum Gasteiger partial charge on any atom is 0.251 e. The standard InChI is InChI=1S/C27H42N4O3/c1-3-5-16-29(17-6-4-2)18-9-15-28-26(33)23-13-11-22(12-14-23)20-30-21-25(32)31-19-8-7-10-24(31)27(30)34/h11-14,24H,3-10,15-21H2,1-2H3,(H,28,33). The molecule has 0 radical (unpaired) electrons. The Morgan fingerprint density at radius 2 is 1.68 bits per heavy atom. The highest BCUT2D eigenvalue weighted by atomic mass is 16.2. The van der Waals surface area contributed by atoms with Crippen LogP contribution in [-0.2, 0) is 16.1 Å². The van der Waals surface area contributed by atoms with Crippen LogP contribution in [0.1, 0.15) is 81.1 Å². The third-order valence-corrected chi connectivity index (χ3v) is 6.93. The van der Waals surface area contributed by atoms with Gasteiger partial charge >= 0.3 is 0 Å². The van der Waals surface area contributed by atoms with Gasteiger partial charge in [0.15, 0.2) is 0 Å². The number of piperidine rings is 1. The first-order valence-electron chi connectivity index (χ1n) is 13.2. The maximum atomic E-state index is 12.9. The number of hydrogen-bond acceptors (Lipinski definition) is 4. The van der Waals surface area contributed by atoms with Crippen molar-refractivity contribution < 1.29 is 14.4 Å². The molecular formula is C27H42N4O3. The number of carbonyl (C=O) groups is 3. The Balaban J connectivity index is 1.44. The molecule has 1 aromatic carbocycles. The average Bonchev–Trinajstić information content (AvgIpc) is 2.86. The maximum absolute atomic E-state index is 12.9. The number of benzene rings is 1. The van der Waals surface area contributed by atoms with Crippen molar-refractivity contribution >= 4 is 17.7 Å². The molecule has 2 fully saturated rings. The van der Waals surface area contributed by atoms with Crippen LogP contribution >= 0.6 is 0 Å². The van der Waals surface area contributed by atoms with Crippen LogP contribution in [-0.4, -0.2) is 77.7 Å². The minimum absolute atomic E-state index is 0.0447. The molecule has 2 heterocycles. The second-order valence-corrected chi connectivity index (χ2v) is 9.65. The minimum Gasteiger partial charge on any atom is -0.352 e. The van der Waals surface area contributed by atoms with Crippen molar-refractivity contribution in [2.45, 2.75) is 77.8 Å². The van der Waals surface area contributed by atoms with Gasteiger partial charge in [-0.1, -0.05) is 38.8 Å². The van der Waals surface area contributed by atoms with Gasteiger partial charge in [-0.25, -0.2) is 0 Å². The molecule has 188 valence electrons. The molecule has 1 unspecified atom stereocenters. The van der Waals surface area contributed by atoms with E-state index in [9.17, 15) is 14.4 Å². The van der Waals surface area contributed by atoms with Crippen molar-refractivity contribution in [1.82, 2.24) is 20.0 Å². The molecule has 7 heteroatoms. The summed E-state index contributed by atoms with van der Waals surface area (Å²) >= 11 is 0. The van der Waals surface area contributed by atoms with Crippen LogP contribution in [0.15, 0.2) is 24.3 Å². The van der Waals surface area contributed by atoms with E-state index in [0.29, 0.717) is 25.2 Å². The van der Waals surface area contributed by atoms with E-state index in [2.05, 4.69) is 24.1 Å². The molecule has 1 atom stereocenters. The number of piperazine rings is 1. The van der Waals surface area contributed by atoms with E-state index in [4.69, 9.17) is 0 Å². The zero-order valence-corrected chi connectivity index (χ0v) is 21.1. The number of hydrogen-bond donors (Lipinski definition) is 1. The summed E-state index contributed by atoms with van der Waals surface area (Å²) in [5.74, 6) is 0.0265. The van der Waals surface area contributed by atoms with Crippen molar-refractivity contribution in [2.24, 2.45) is 0 Å². The van der Waals surface area contributed by atoms with Crippen molar-refractivity contribution in [3.05, 3.63) is 35.4 Å². The van der Waals surface area contributed by atoms with Gasteiger partial charge in [0.05, 0.1) is 0 Å². The zero-order chi connectivity index (χ0) is 24.3. The van der Waals surface area contributed by atoms with Crippen LogP contribution in [0.3, 0.4) is 0 Å². The number of nitrogens with one attached hydrogen (secondary N) is 1. The van der Waals surface area contributed by atoms with E-state index < -0.39 is 0 Å². The summed E-state index contributed by atoms with van der Waals surface area (Å²) in [6, 6.07) is 7.10. The predicted molar refractivity (Wildman–Crippen MR) is 134 cm³/mol. The molecule has 0 saturated carbocycles. The Morgan fingerprint density at radius 3 is 2.35 bits per heavy atom. The van der Waals surface area contributed by atoms with Crippen LogP contribution < -0.4 is 5.32 Å². The number of unbranched alkanes of at least 4 members (excludes halogenated alkanes) is 2. The van der Waals surface area contributed by atoms with Gasteiger partial charge in [-0.3, -0.25) is 14.4 Å². The zero-order valence-electron chi connectivity index (χ0n) is 21.1. The fraction of sp³-hybridized carbons (Fsp3) is 0.667. The van der Waals surface area contributed by atoms with Crippen LogP contribution in [0.25, 0.3) is 0 Å². The van der Waals surface area contributed by atoms with E-state index in [0.717, 1.165) is 50.9 Å². The van der Waals surface area contributed by atoms with Crippen molar-refractivity contribution in [2.75, 3.05) is 39.3 Å². The van der Waals surface area contributed by atoms with Gasteiger partial charge in [0, 0.05) is 25.2 Å². The van der Waals surface area contributed by atoms with Gasteiger partial charge in [-0.05, 0) is 75.9 Å². The molecule has 3 rings (SSSR count). The second kappa shape index (κ2) is 13.5. The molecule has 0 aromatic heterocycles. The van der Waals surface area contributed by atoms with Crippen molar-refractivity contribution in [3.63, 3.8) is 0 Å². The van der Waals surface area contributed by atoms with Gasteiger partial charge < -0.3 is 20.0 Å². The molecule has 1 aromatic rings. The highest BCUT2D eigenvalue weighted by Gasteiger charge is 2.40. The summed E-state index contributed by atoms with van der Waals surface area (Å²) in [5, 5.41) is 3.03. The fourth-order valence-corrected chi connectivity index (χ4v) is 4.85. The lowest BCUT2D eigenvalue weighted by Crippen LogP contribution is -2.60. The molecule has 2 saturated heterocycles. The van der Waals surface area contributed by atoms with Crippen molar-refractivity contribution in [3.8, 4) is 0 Å². The highest BCUT2D eigenvalue weighted by molar-refractivity contribution is 5.95. The van der Waals surface area contributed by atoms with Gasteiger partial charge in [0.2, 0.25) is 11.8 Å². The lowest BCUT2D eigenvalue weighted by molar-refractivity contribution is -0.158. The Morgan fingerprint density at radius 1 is 1.00 bits per heavy atom. The summed E-state index contributed by atoms with van der Waals surface area (Å²) in [6.07, 6.45) is 8.53. The summed E-state index contributed by atoms with van der Waals surface area (Å²) in [7, 11) is 0.